The average molecular weight is 403 g/mol. The Hall–Kier alpha value is -3.01. The summed E-state index contributed by atoms with van der Waals surface area (Å²) in [4.78, 5) is 3.93. The van der Waals surface area contributed by atoms with Gasteiger partial charge in [0.2, 0.25) is 0 Å². The third-order valence-corrected chi connectivity index (χ3v) is 4.80. The average Bonchev–Trinajstić information content (AvgIpc) is 3.20. The largest absolute Gasteiger partial charge is 0.433 e. The Morgan fingerprint density at radius 1 is 1.21 bits per heavy atom. The summed E-state index contributed by atoms with van der Waals surface area (Å²) in [6, 6.07) is 7.37. The van der Waals surface area contributed by atoms with E-state index in [2.05, 4.69) is 30.9 Å². The minimum atomic E-state index is -4.58. The van der Waals surface area contributed by atoms with E-state index in [-0.39, 0.29) is 11.5 Å². The van der Waals surface area contributed by atoms with Gasteiger partial charge in [-0.1, -0.05) is 0 Å². The van der Waals surface area contributed by atoms with Gasteiger partial charge in [0.1, 0.15) is 5.82 Å². The first-order valence-electron chi connectivity index (χ1n) is 9.37. The summed E-state index contributed by atoms with van der Waals surface area (Å²) in [5.74, 6) is 1.01. The van der Waals surface area contributed by atoms with Gasteiger partial charge >= 0.3 is 6.18 Å². The van der Waals surface area contributed by atoms with Gasteiger partial charge in [0.25, 0.3) is 0 Å². The normalized spacial score (nSPS) is 17.3. The molecule has 0 bridgehead atoms. The molecule has 152 valence electrons. The number of rotatable bonds is 5. The van der Waals surface area contributed by atoms with Crippen molar-refractivity contribution in [2.24, 2.45) is 5.92 Å². The van der Waals surface area contributed by atoms with Gasteiger partial charge in [-0.25, -0.2) is 4.68 Å². The molecule has 0 aromatic carbocycles. The molecule has 3 aromatic rings. The minimum absolute atomic E-state index is 0.00246. The van der Waals surface area contributed by atoms with Crippen LogP contribution in [0.2, 0.25) is 0 Å². The lowest BCUT2D eigenvalue weighted by Gasteiger charge is -2.22. The molecule has 4 rings (SSSR count). The number of aromatic nitrogens is 5. The minimum Gasteiger partial charge on any atom is -0.368 e. The van der Waals surface area contributed by atoms with Crippen molar-refractivity contribution >= 4 is 5.82 Å². The Morgan fingerprint density at radius 3 is 2.76 bits per heavy atom. The first kappa shape index (κ1) is 19.3. The lowest BCUT2D eigenvalue weighted by molar-refractivity contribution is -0.142. The molecule has 1 atom stereocenters. The van der Waals surface area contributed by atoms with Crippen LogP contribution in [0.4, 0.5) is 19.0 Å². The van der Waals surface area contributed by atoms with Crippen LogP contribution in [0.5, 0.6) is 0 Å². The van der Waals surface area contributed by atoms with E-state index in [1.165, 1.54) is 12.3 Å². The second-order valence-electron chi connectivity index (χ2n) is 6.94. The highest BCUT2D eigenvalue weighted by atomic mass is 19.4. The van der Waals surface area contributed by atoms with Crippen LogP contribution < -0.4 is 10.6 Å². The smallest absolute Gasteiger partial charge is 0.368 e. The monoisotopic (exact) mass is 403 g/mol. The van der Waals surface area contributed by atoms with Crippen molar-refractivity contribution in [3.05, 3.63) is 48.4 Å². The molecule has 0 spiro atoms. The van der Waals surface area contributed by atoms with E-state index in [1.807, 2.05) is 0 Å². The molecule has 0 saturated carbocycles. The maximum atomic E-state index is 13.5. The second kappa shape index (κ2) is 8.16. The fraction of sp³-hybridized carbons (Fsp3) is 0.368. The molecule has 4 heterocycles. The van der Waals surface area contributed by atoms with Gasteiger partial charge in [-0.3, -0.25) is 4.98 Å². The fourth-order valence-electron chi connectivity index (χ4n) is 3.29. The number of alkyl halides is 3. The van der Waals surface area contributed by atoms with Crippen molar-refractivity contribution in [3.8, 4) is 17.1 Å². The van der Waals surface area contributed by atoms with Crippen LogP contribution in [0.1, 0.15) is 18.5 Å². The van der Waals surface area contributed by atoms with Crippen molar-refractivity contribution in [1.29, 1.82) is 0 Å². The molecule has 1 aliphatic heterocycles. The van der Waals surface area contributed by atoms with Gasteiger partial charge in [-0.2, -0.15) is 18.3 Å². The van der Waals surface area contributed by atoms with E-state index in [9.17, 15) is 13.2 Å². The number of halogens is 3. The standard InChI is InChI=1S/C19H20F3N7/c20-19(21,22)16-9-15(14-4-2-8-24-12-14)28-29(16)18-6-5-17(26-27-18)25-11-13-3-1-7-23-10-13/h2,4-6,8-9,12-13,23H,1,3,7,10-11H2,(H,25,26). The van der Waals surface area contributed by atoms with Crippen molar-refractivity contribution in [3.63, 3.8) is 0 Å². The molecule has 1 unspecified atom stereocenters. The highest BCUT2D eigenvalue weighted by molar-refractivity contribution is 5.58. The molecular weight excluding hydrogens is 383 g/mol. The Balaban J connectivity index is 1.56. The van der Waals surface area contributed by atoms with Crippen molar-refractivity contribution in [2.75, 3.05) is 25.0 Å². The van der Waals surface area contributed by atoms with Gasteiger partial charge in [0.05, 0.1) is 5.69 Å². The molecule has 0 radical (unpaired) electrons. The first-order chi connectivity index (χ1) is 14.0. The van der Waals surface area contributed by atoms with Crippen LogP contribution in [0.15, 0.2) is 42.7 Å². The number of piperidine rings is 1. The Labute approximate surface area is 165 Å². The molecular formula is C19H20F3N7. The maximum absolute atomic E-state index is 13.5. The molecule has 1 saturated heterocycles. The molecule has 2 N–H and O–H groups in total. The number of hydrogen-bond acceptors (Lipinski definition) is 6. The molecule has 1 aliphatic rings. The lowest BCUT2D eigenvalue weighted by atomic mass is 10.00. The SMILES string of the molecule is FC(F)(F)c1cc(-c2cccnc2)nn1-c1ccc(NCC2CCCNC2)nn1. The maximum Gasteiger partial charge on any atom is 0.433 e. The lowest BCUT2D eigenvalue weighted by Crippen LogP contribution is -2.33. The van der Waals surface area contributed by atoms with E-state index in [4.69, 9.17) is 0 Å². The molecule has 1 fully saturated rings. The van der Waals surface area contributed by atoms with E-state index in [0.717, 1.165) is 43.2 Å². The van der Waals surface area contributed by atoms with Gasteiger partial charge in [0, 0.05) is 24.5 Å². The summed E-state index contributed by atoms with van der Waals surface area (Å²) in [5, 5.41) is 18.6. The zero-order valence-corrected chi connectivity index (χ0v) is 15.5. The van der Waals surface area contributed by atoms with E-state index >= 15 is 0 Å². The summed E-state index contributed by atoms with van der Waals surface area (Å²) in [7, 11) is 0. The second-order valence-corrected chi connectivity index (χ2v) is 6.94. The van der Waals surface area contributed by atoms with Crippen LogP contribution in [0.25, 0.3) is 17.1 Å². The van der Waals surface area contributed by atoms with Crippen LogP contribution in [-0.2, 0) is 6.18 Å². The van der Waals surface area contributed by atoms with Crippen LogP contribution in [0.3, 0.4) is 0 Å². The van der Waals surface area contributed by atoms with Crippen molar-refractivity contribution < 1.29 is 13.2 Å². The number of hydrogen-bond donors (Lipinski definition) is 2. The molecule has 29 heavy (non-hydrogen) atoms. The summed E-state index contributed by atoms with van der Waals surface area (Å²) >= 11 is 0. The third-order valence-electron chi connectivity index (χ3n) is 4.80. The van der Waals surface area contributed by atoms with Crippen molar-refractivity contribution in [1.82, 2.24) is 30.3 Å². The van der Waals surface area contributed by atoms with Gasteiger partial charge < -0.3 is 10.6 Å². The van der Waals surface area contributed by atoms with Crippen molar-refractivity contribution in [2.45, 2.75) is 19.0 Å². The van der Waals surface area contributed by atoms with Crippen LogP contribution in [0, 0.1) is 5.92 Å². The predicted molar refractivity (Wildman–Crippen MR) is 101 cm³/mol. The van der Waals surface area contributed by atoms with E-state index in [0.29, 0.717) is 17.3 Å². The Bertz CT molecular complexity index is 933. The Kier molecular flexibility index (Phi) is 5.43. The Morgan fingerprint density at radius 2 is 2.10 bits per heavy atom. The summed E-state index contributed by atoms with van der Waals surface area (Å²) < 4.78 is 41.3. The van der Waals surface area contributed by atoms with E-state index < -0.39 is 11.9 Å². The summed E-state index contributed by atoms with van der Waals surface area (Å²) in [6.45, 7) is 2.72. The zero-order chi connectivity index (χ0) is 20.3. The molecule has 0 aliphatic carbocycles. The number of nitrogens with one attached hydrogen (secondary N) is 2. The quantitative estimate of drug-likeness (QED) is 0.681. The van der Waals surface area contributed by atoms with E-state index in [1.54, 1.807) is 24.4 Å². The summed E-state index contributed by atoms with van der Waals surface area (Å²) in [6.07, 6.45) is 0.693. The zero-order valence-electron chi connectivity index (χ0n) is 15.5. The summed E-state index contributed by atoms with van der Waals surface area (Å²) in [5.41, 5.74) is -0.261. The number of nitrogens with zero attached hydrogens (tertiary/aromatic N) is 5. The molecule has 7 nitrogen and oxygen atoms in total. The van der Waals surface area contributed by atoms with Gasteiger partial charge in [-0.15, -0.1) is 10.2 Å². The third kappa shape index (κ3) is 4.53. The fourth-order valence-corrected chi connectivity index (χ4v) is 3.29. The number of anilines is 1. The first-order valence-corrected chi connectivity index (χ1v) is 9.37. The molecule has 3 aromatic heterocycles. The highest BCUT2D eigenvalue weighted by Crippen LogP contribution is 2.33. The van der Waals surface area contributed by atoms with Crippen LogP contribution >= 0.6 is 0 Å². The topological polar surface area (TPSA) is 80.5 Å². The molecule has 0 amide bonds. The molecule has 10 heteroatoms. The number of pyridine rings is 1. The van der Waals surface area contributed by atoms with Crippen LogP contribution in [-0.4, -0.2) is 44.6 Å². The van der Waals surface area contributed by atoms with Gasteiger partial charge in [0.15, 0.2) is 11.5 Å². The highest BCUT2D eigenvalue weighted by Gasteiger charge is 2.37. The van der Waals surface area contributed by atoms with Gasteiger partial charge in [-0.05, 0) is 62.2 Å². The predicted octanol–water partition coefficient (Wildman–Crippen LogP) is 3.15.